The molecule has 0 heterocycles. The summed E-state index contributed by atoms with van der Waals surface area (Å²) >= 11 is 0. The molecule has 0 aromatic heterocycles. The fourth-order valence-electron chi connectivity index (χ4n) is 3.07. The minimum atomic E-state index is 0.510. The maximum Gasteiger partial charge on any atom is 0.0346 e. The van der Waals surface area contributed by atoms with Gasteiger partial charge in [0.2, 0.25) is 0 Å². The molecule has 0 spiro atoms. The van der Waals surface area contributed by atoms with E-state index in [1.807, 2.05) is 0 Å². The minimum absolute atomic E-state index is 0.510. The fourth-order valence-corrected chi connectivity index (χ4v) is 3.07. The molecule has 0 fully saturated rings. The van der Waals surface area contributed by atoms with Crippen LogP contribution >= 0.6 is 0 Å². The van der Waals surface area contributed by atoms with E-state index in [0.29, 0.717) is 6.04 Å². The van der Waals surface area contributed by atoms with Gasteiger partial charge in [-0.15, -0.1) is 0 Å². The second-order valence-electron chi connectivity index (χ2n) is 5.60. The molecule has 1 nitrogen and oxygen atoms in total. The number of rotatable bonds is 9. The number of nitrogens with one attached hydrogen (secondary N) is 1. The summed E-state index contributed by atoms with van der Waals surface area (Å²) in [4.78, 5) is 0. The lowest BCUT2D eigenvalue weighted by atomic mass is 9.86. The molecular weight excluding hydrogens is 230 g/mol. The molecule has 1 rings (SSSR count). The number of benzene rings is 1. The molecule has 0 aliphatic heterocycles. The highest BCUT2D eigenvalue weighted by Gasteiger charge is 2.20. The van der Waals surface area contributed by atoms with Gasteiger partial charge < -0.3 is 5.32 Å². The molecule has 1 atom stereocenters. The summed E-state index contributed by atoms with van der Waals surface area (Å²) in [5.74, 6) is 0.761. The number of aryl methyl sites for hydroxylation is 1. The Labute approximate surface area is 119 Å². The Morgan fingerprint density at radius 1 is 0.895 bits per heavy atom. The third-order valence-electron chi connectivity index (χ3n) is 3.98. The van der Waals surface area contributed by atoms with Crippen LogP contribution in [0.15, 0.2) is 24.3 Å². The van der Waals surface area contributed by atoms with Crippen molar-refractivity contribution in [1.29, 1.82) is 0 Å². The summed E-state index contributed by atoms with van der Waals surface area (Å²) < 4.78 is 0. The van der Waals surface area contributed by atoms with Gasteiger partial charge in [-0.25, -0.2) is 0 Å². The van der Waals surface area contributed by atoms with Crippen molar-refractivity contribution in [2.45, 2.75) is 65.3 Å². The van der Waals surface area contributed by atoms with Crippen LogP contribution in [0.1, 0.15) is 70.0 Å². The Bertz CT molecular complexity index is 322. The SMILES string of the molecule is CCCc1ccc(C(NC)C(CCC)CCC)cc1. The summed E-state index contributed by atoms with van der Waals surface area (Å²) in [6.45, 7) is 6.82. The van der Waals surface area contributed by atoms with Crippen molar-refractivity contribution in [3.63, 3.8) is 0 Å². The number of hydrogen-bond donors (Lipinski definition) is 1. The Morgan fingerprint density at radius 2 is 1.47 bits per heavy atom. The van der Waals surface area contributed by atoms with Crippen molar-refractivity contribution in [3.8, 4) is 0 Å². The molecule has 0 aliphatic rings. The Balaban J connectivity index is 2.81. The van der Waals surface area contributed by atoms with Crippen LogP contribution in [0.2, 0.25) is 0 Å². The van der Waals surface area contributed by atoms with E-state index in [1.54, 1.807) is 0 Å². The first-order valence-corrected chi connectivity index (χ1v) is 8.02. The summed E-state index contributed by atoms with van der Waals surface area (Å²) in [6, 6.07) is 9.76. The van der Waals surface area contributed by atoms with Gasteiger partial charge in [0.15, 0.2) is 0 Å². The van der Waals surface area contributed by atoms with Gasteiger partial charge in [-0.3, -0.25) is 0 Å². The molecule has 0 saturated carbocycles. The van der Waals surface area contributed by atoms with Crippen molar-refractivity contribution < 1.29 is 0 Å². The van der Waals surface area contributed by atoms with Crippen LogP contribution in [-0.2, 0) is 6.42 Å². The van der Waals surface area contributed by atoms with Crippen LogP contribution in [0.5, 0.6) is 0 Å². The molecule has 1 N–H and O–H groups in total. The van der Waals surface area contributed by atoms with Crippen LogP contribution in [0.3, 0.4) is 0 Å². The lowest BCUT2D eigenvalue weighted by Crippen LogP contribution is -2.25. The molecule has 0 amide bonds. The maximum atomic E-state index is 3.54. The highest BCUT2D eigenvalue weighted by Crippen LogP contribution is 2.29. The first kappa shape index (κ1) is 16.2. The van der Waals surface area contributed by atoms with E-state index >= 15 is 0 Å². The smallest absolute Gasteiger partial charge is 0.0346 e. The van der Waals surface area contributed by atoms with Gasteiger partial charge >= 0.3 is 0 Å². The van der Waals surface area contributed by atoms with Crippen molar-refractivity contribution in [2.75, 3.05) is 7.05 Å². The quantitative estimate of drug-likeness (QED) is 0.651. The van der Waals surface area contributed by atoms with Crippen molar-refractivity contribution >= 4 is 0 Å². The second-order valence-corrected chi connectivity index (χ2v) is 5.60. The third kappa shape index (κ3) is 4.99. The standard InChI is InChI=1S/C18H31N/c1-5-8-15-11-13-17(14-12-15)18(19-4)16(9-6-2)10-7-3/h11-14,16,18-19H,5-10H2,1-4H3. The number of hydrogen-bond acceptors (Lipinski definition) is 1. The largest absolute Gasteiger partial charge is 0.313 e. The lowest BCUT2D eigenvalue weighted by molar-refractivity contribution is 0.331. The lowest BCUT2D eigenvalue weighted by Gasteiger charge is -2.27. The van der Waals surface area contributed by atoms with Gasteiger partial charge in [-0.1, -0.05) is 64.3 Å². The van der Waals surface area contributed by atoms with Gasteiger partial charge in [-0.05, 0) is 43.4 Å². The van der Waals surface area contributed by atoms with E-state index in [4.69, 9.17) is 0 Å². The zero-order valence-electron chi connectivity index (χ0n) is 13.2. The predicted molar refractivity (Wildman–Crippen MR) is 85.5 cm³/mol. The normalized spacial score (nSPS) is 12.9. The monoisotopic (exact) mass is 261 g/mol. The predicted octanol–water partition coefficient (Wildman–Crippen LogP) is 5.12. The van der Waals surface area contributed by atoms with E-state index in [0.717, 1.165) is 5.92 Å². The van der Waals surface area contributed by atoms with Crippen molar-refractivity contribution in [3.05, 3.63) is 35.4 Å². The summed E-state index contributed by atoms with van der Waals surface area (Å²) in [6.07, 6.45) is 7.60. The first-order valence-electron chi connectivity index (χ1n) is 8.02. The Hall–Kier alpha value is -0.820. The average Bonchev–Trinajstić information content (AvgIpc) is 2.42. The molecule has 19 heavy (non-hydrogen) atoms. The second kappa shape index (κ2) is 9.14. The maximum absolute atomic E-state index is 3.54. The fraction of sp³-hybridized carbons (Fsp3) is 0.667. The van der Waals surface area contributed by atoms with E-state index in [9.17, 15) is 0 Å². The van der Waals surface area contributed by atoms with E-state index in [2.05, 4.69) is 57.4 Å². The van der Waals surface area contributed by atoms with Gasteiger partial charge in [-0.2, -0.15) is 0 Å². The van der Waals surface area contributed by atoms with Gasteiger partial charge in [0.25, 0.3) is 0 Å². The molecule has 0 radical (unpaired) electrons. The van der Waals surface area contributed by atoms with Crippen LogP contribution in [0.4, 0.5) is 0 Å². The molecular formula is C18H31N. The molecule has 0 bridgehead atoms. The molecule has 1 aromatic carbocycles. The Morgan fingerprint density at radius 3 is 1.89 bits per heavy atom. The Kier molecular flexibility index (Phi) is 7.81. The molecule has 0 aliphatic carbocycles. The van der Waals surface area contributed by atoms with E-state index in [1.165, 1.54) is 49.7 Å². The zero-order chi connectivity index (χ0) is 14.1. The van der Waals surface area contributed by atoms with Crippen LogP contribution in [-0.4, -0.2) is 7.05 Å². The molecule has 1 heteroatoms. The topological polar surface area (TPSA) is 12.0 Å². The zero-order valence-corrected chi connectivity index (χ0v) is 13.2. The van der Waals surface area contributed by atoms with Crippen LogP contribution in [0, 0.1) is 5.92 Å². The molecule has 108 valence electrons. The van der Waals surface area contributed by atoms with Crippen molar-refractivity contribution in [2.24, 2.45) is 5.92 Å². The summed E-state index contributed by atoms with van der Waals surface area (Å²) in [5.41, 5.74) is 2.91. The van der Waals surface area contributed by atoms with E-state index in [-0.39, 0.29) is 0 Å². The molecule has 1 aromatic rings. The van der Waals surface area contributed by atoms with Gasteiger partial charge in [0.05, 0.1) is 0 Å². The first-order chi connectivity index (χ1) is 9.26. The summed E-state index contributed by atoms with van der Waals surface area (Å²) in [7, 11) is 2.10. The van der Waals surface area contributed by atoms with E-state index < -0.39 is 0 Å². The average molecular weight is 261 g/mol. The third-order valence-corrected chi connectivity index (χ3v) is 3.98. The van der Waals surface area contributed by atoms with Gasteiger partial charge in [0.1, 0.15) is 0 Å². The molecule has 0 saturated heterocycles. The van der Waals surface area contributed by atoms with Crippen LogP contribution in [0.25, 0.3) is 0 Å². The highest BCUT2D eigenvalue weighted by molar-refractivity contribution is 5.25. The molecule has 1 unspecified atom stereocenters. The highest BCUT2D eigenvalue weighted by atomic mass is 14.9. The van der Waals surface area contributed by atoms with Crippen molar-refractivity contribution in [1.82, 2.24) is 5.32 Å². The minimum Gasteiger partial charge on any atom is -0.313 e. The van der Waals surface area contributed by atoms with Gasteiger partial charge in [0, 0.05) is 6.04 Å². The summed E-state index contributed by atoms with van der Waals surface area (Å²) in [5, 5.41) is 3.54. The van der Waals surface area contributed by atoms with Crippen LogP contribution < -0.4 is 5.32 Å².